The Balaban J connectivity index is 1.97. The van der Waals surface area contributed by atoms with Gasteiger partial charge in [0.2, 0.25) is 5.75 Å². The number of amides is 1. The molecular weight excluding hydrogens is 334 g/mol. The minimum Gasteiger partial charge on any atom is -0.493 e. The average Bonchev–Trinajstić information content (AvgIpc) is 2.64. The van der Waals surface area contributed by atoms with E-state index in [1.807, 2.05) is 26.0 Å². The number of benzene rings is 2. The summed E-state index contributed by atoms with van der Waals surface area (Å²) in [6, 6.07) is 9.22. The highest BCUT2D eigenvalue weighted by Crippen LogP contribution is 2.38. The summed E-state index contributed by atoms with van der Waals surface area (Å²) in [7, 11) is 4.54. The molecule has 0 aliphatic heterocycles. The monoisotopic (exact) mass is 359 g/mol. The van der Waals surface area contributed by atoms with Gasteiger partial charge in [-0.1, -0.05) is 17.7 Å². The normalized spacial score (nSPS) is 10.2. The van der Waals surface area contributed by atoms with E-state index in [0.29, 0.717) is 36.0 Å². The van der Waals surface area contributed by atoms with E-state index in [1.54, 1.807) is 12.1 Å². The Hall–Kier alpha value is -2.89. The molecule has 0 saturated carbocycles. The molecule has 0 aliphatic carbocycles. The van der Waals surface area contributed by atoms with Gasteiger partial charge in [-0.05, 0) is 37.6 Å². The number of methoxy groups -OCH3 is 3. The quantitative estimate of drug-likeness (QED) is 0.734. The molecule has 0 aliphatic rings. The van der Waals surface area contributed by atoms with Gasteiger partial charge >= 0.3 is 0 Å². The van der Waals surface area contributed by atoms with Crippen LogP contribution in [0.5, 0.6) is 23.0 Å². The summed E-state index contributed by atoms with van der Waals surface area (Å²) in [5, 5.41) is 2.82. The zero-order valence-electron chi connectivity index (χ0n) is 15.8. The van der Waals surface area contributed by atoms with Gasteiger partial charge in [-0.15, -0.1) is 0 Å². The summed E-state index contributed by atoms with van der Waals surface area (Å²) < 4.78 is 21.5. The van der Waals surface area contributed by atoms with Gasteiger partial charge in [0.05, 0.1) is 27.9 Å². The van der Waals surface area contributed by atoms with Crippen molar-refractivity contribution < 1.29 is 23.7 Å². The Labute approximate surface area is 154 Å². The molecule has 0 spiro atoms. The maximum Gasteiger partial charge on any atom is 0.251 e. The van der Waals surface area contributed by atoms with Crippen molar-refractivity contribution in [3.63, 3.8) is 0 Å². The van der Waals surface area contributed by atoms with Gasteiger partial charge in [0.25, 0.3) is 5.91 Å². The van der Waals surface area contributed by atoms with Crippen LogP contribution in [0.1, 0.15) is 21.5 Å². The first-order valence-electron chi connectivity index (χ1n) is 8.28. The number of ether oxygens (including phenoxy) is 4. The van der Waals surface area contributed by atoms with Crippen LogP contribution in [0.25, 0.3) is 0 Å². The van der Waals surface area contributed by atoms with Crippen LogP contribution in [-0.4, -0.2) is 40.4 Å². The van der Waals surface area contributed by atoms with Crippen LogP contribution in [0, 0.1) is 13.8 Å². The lowest BCUT2D eigenvalue weighted by atomic mass is 10.1. The number of rotatable bonds is 8. The Morgan fingerprint density at radius 2 is 1.58 bits per heavy atom. The Bertz CT molecular complexity index is 748. The predicted octanol–water partition coefficient (Wildman–Crippen LogP) is 3.14. The molecule has 6 heteroatoms. The van der Waals surface area contributed by atoms with E-state index < -0.39 is 0 Å². The van der Waals surface area contributed by atoms with Crippen molar-refractivity contribution in [1.29, 1.82) is 0 Å². The van der Waals surface area contributed by atoms with Gasteiger partial charge < -0.3 is 24.3 Å². The highest BCUT2D eigenvalue weighted by atomic mass is 16.5. The molecule has 0 fully saturated rings. The van der Waals surface area contributed by atoms with Crippen LogP contribution in [0.15, 0.2) is 30.3 Å². The van der Waals surface area contributed by atoms with Gasteiger partial charge in [-0.3, -0.25) is 4.79 Å². The lowest BCUT2D eigenvalue weighted by molar-refractivity contribution is 0.0946. The second-order valence-corrected chi connectivity index (χ2v) is 5.79. The molecule has 0 atom stereocenters. The third kappa shape index (κ3) is 4.59. The third-order valence-corrected chi connectivity index (χ3v) is 3.90. The molecule has 0 radical (unpaired) electrons. The highest BCUT2D eigenvalue weighted by molar-refractivity contribution is 5.95. The summed E-state index contributed by atoms with van der Waals surface area (Å²) >= 11 is 0. The fourth-order valence-electron chi connectivity index (χ4n) is 2.60. The van der Waals surface area contributed by atoms with Gasteiger partial charge in [0.1, 0.15) is 12.4 Å². The predicted molar refractivity (Wildman–Crippen MR) is 99.8 cm³/mol. The molecule has 0 aromatic heterocycles. The van der Waals surface area contributed by atoms with Crippen LogP contribution >= 0.6 is 0 Å². The number of hydrogen-bond donors (Lipinski definition) is 1. The van der Waals surface area contributed by atoms with E-state index in [-0.39, 0.29) is 5.91 Å². The van der Waals surface area contributed by atoms with Crippen molar-refractivity contribution >= 4 is 5.91 Å². The summed E-state index contributed by atoms with van der Waals surface area (Å²) in [5.41, 5.74) is 2.68. The minimum atomic E-state index is -0.242. The van der Waals surface area contributed by atoms with Crippen LogP contribution in [-0.2, 0) is 0 Å². The van der Waals surface area contributed by atoms with Crippen molar-refractivity contribution in [3.05, 3.63) is 47.0 Å². The fourth-order valence-corrected chi connectivity index (χ4v) is 2.60. The Morgan fingerprint density at radius 3 is 2.12 bits per heavy atom. The zero-order valence-corrected chi connectivity index (χ0v) is 15.8. The molecule has 1 amide bonds. The molecule has 140 valence electrons. The summed E-state index contributed by atoms with van der Waals surface area (Å²) in [5.74, 6) is 1.89. The maximum atomic E-state index is 12.4. The second-order valence-electron chi connectivity index (χ2n) is 5.79. The van der Waals surface area contributed by atoms with E-state index in [0.717, 1.165) is 11.3 Å². The van der Waals surface area contributed by atoms with Crippen molar-refractivity contribution in [2.75, 3.05) is 34.5 Å². The molecule has 1 N–H and O–H groups in total. The average molecular weight is 359 g/mol. The molecule has 0 bridgehead atoms. The molecule has 6 nitrogen and oxygen atoms in total. The number of carbonyl (C=O) groups is 1. The molecule has 2 aromatic carbocycles. The standard InChI is InChI=1S/C20H25NO5/c1-13-6-7-16(14(2)10-13)26-9-8-21-20(22)15-11-17(23-3)19(25-5)18(12-15)24-4/h6-7,10-12H,8-9H2,1-5H3,(H,21,22). The van der Waals surface area contributed by atoms with Crippen LogP contribution in [0.4, 0.5) is 0 Å². The Morgan fingerprint density at radius 1 is 0.923 bits per heavy atom. The topological polar surface area (TPSA) is 66.0 Å². The van der Waals surface area contributed by atoms with Crippen molar-refractivity contribution in [2.45, 2.75) is 13.8 Å². The third-order valence-electron chi connectivity index (χ3n) is 3.90. The van der Waals surface area contributed by atoms with Gasteiger partial charge in [-0.25, -0.2) is 0 Å². The first-order valence-corrected chi connectivity index (χ1v) is 8.28. The number of nitrogens with one attached hydrogen (secondary N) is 1. The molecule has 0 unspecified atom stereocenters. The fraction of sp³-hybridized carbons (Fsp3) is 0.350. The summed E-state index contributed by atoms with van der Waals surface area (Å²) in [4.78, 5) is 12.4. The van der Waals surface area contributed by atoms with Crippen LogP contribution < -0.4 is 24.3 Å². The maximum absolute atomic E-state index is 12.4. The second kappa shape index (κ2) is 8.99. The molecule has 0 saturated heterocycles. The number of aryl methyl sites for hydroxylation is 2. The first kappa shape index (κ1) is 19.4. The summed E-state index contributed by atoms with van der Waals surface area (Å²) in [6.07, 6.45) is 0. The van der Waals surface area contributed by atoms with Gasteiger partial charge in [0.15, 0.2) is 11.5 Å². The van der Waals surface area contributed by atoms with Crippen molar-refractivity contribution in [3.8, 4) is 23.0 Å². The lowest BCUT2D eigenvalue weighted by Crippen LogP contribution is -2.28. The van der Waals surface area contributed by atoms with E-state index >= 15 is 0 Å². The smallest absolute Gasteiger partial charge is 0.251 e. The largest absolute Gasteiger partial charge is 0.493 e. The lowest BCUT2D eigenvalue weighted by Gasteiger charge is -2.14. The zero-order chi connectivity index (χ0) is 19.1. The summed E-state index contributed by atoms with van der Waals surface area (Å²) in [6.45, 7) is 4.79. The Kier molecular flexibility index (Phi) is 6.72. The first-order chi connectivity index (χ1) is 12.5. The molecule has 2 aromatic rings. The van der Waals surface area contributed by atoms with Crippen LogP contribution in [0.2, 0.25) is 0 Å². The van der Waals surface area contributed by atoms with Crippen LogP contribution in [0.3, 0.4) is 0 Å². The van der Waals surface area contributed by atoms with Gasteiger partial charge in [-0.2, -0.15) is 0 Å². The molecule has 0 heterocycles. The van der Waals surface area contributed by atoms with E-state index in [4.69, 9.17) is 18.9 Å². The van der Waals surface area contributed by atoms with Gasteiger partial charge in [0, 0.05) is 5.56 Å². The van der Waals surface area contributed by atoms with E-state index in [9.17, 15) is 4.79 Å². The number of hydrogen-bond acceptors (Lipinski definition) is 5. The molecule has 26 heavy (non-hydrogen) atoms. The van der Waals surface area contributed by atoms with E-state index in [1.165, 1.54) is 26.9 Å². The number of carbonyl (C=O) groups excluding carboxylic acids is 1. The van der Waals surface area contributed by atoms with Crippen molar-refractivity contribution in [1.82, 2.24) is 5.32 Å². The SMILES string of the molecule is COc1cc(C(=O)NCCOc2ccc(C)cc2C)cc(OC)c1OC. The molecular formula is C20H25NO5. The van der Waals surface area contributed by atoms with Crippen molar-refractivity contribution in [2.24, 2.45) is 0 Å². The molecule has 2 rings (SSSR count). The minimum absolute atomic E-state index is 0.242. The highest BCUT2D eigenvalue weighted by Gasteiger charge is 2.16. The van der Waals surface area contributed by atoms with E-state index in [2.05, 4.69) is 11.4 Å².